The quantitative estimate of drug-likeness (QED) is 0.731. The second-order valence-electron chi connectivity index (χ2n) is 3.62. The van der Waals surface area contributed by atoms with Gasteiger partial charge in [-0.3, -0.25) is 0 Å². The second kappa shape index (κ2) is 4.71. The van der Waals surface area contributed by atoms with Gasteiger partial charge in [-0.15, -0.1) is 11.8 Å². The minimum Gasteiger partial charge on any atom is -0.398 e. The number of para-hydroxylation sites is 1. The van der Waals surface area contributed by atoms with Crippen LogP contribution in [0.15, 0.2) is 29.2 Å². The number of hydrogen-bond acceptors (Lipinski definition) is 3. The molecule has 3 heteroatoms. The maximum atomic E-state index is 5.90. The molecule has 1 aromatic rings. The minimum atomic E-state index is 0.688. The molecule has 0 radical (unpaired) electrons. The van der Waals surface area contributed by atoms with E-state index in [1.807, 2.05) is 23.9 Å². The smallest absolute Gasteiger partial charge is 0.0452 e. The van der Waals surface area contributed by atoms with E-state index >= 15 is 0 Å². The van der Waals surface area contributed by atoms with Gasteiger partial charge in [0.15, 0.2) is 0 Å². The Hall–Kier alpha value is -0.670. The predicted octanol–water partition coefficient (Wildman–Crippen LogP) is 2.11. The molecule has 1 aliphatic heterocycles. The summed E-state index contributed by atoms with van der Waals surface area (Å²) in [6.07, 6.45) is 2.58. The van der Waals surface area contributed by atoms with Crippen LogP contribution < -0.4 is 11.1 Å². The Morgan fingerprint density at radius 2 is 2.21 bits per heavy atom. The number of benzene rings is 1. The number of anilines is 1. The molecule has 1 heterocycles. The van der Waals surface area contributed by atoms with Crippen molar-refractivity contribution in [2.24, 2.45) is 0 Å². The molecule has 0 spiro atoms. The van der Waals surface area contributed by atoms with Crippen LogP contribution >= 0.6 is 11.8 Å². The molecule has 1 aromatic carbocycles. The van der Waals surface area contributed by atoms with Gasteiger partial charge >= 0.3 is 0 Å². The molecule has 2 rings (SSSR count). The van der Waals surface area contributed by atoms with E-state index in [9.17, 15) is 0 Å². The van der Waals surface area contributed by atoms with E-state index in [0.29, 0.717) is 5.25 Å². The summed E-state index contributed by atoms with van der Waals surface area (Å²) in [7, 11) is 0. The first-order chi connectivity index (χ1) is 6.86. The highest BCUT2D eigenvalue weighted by Gasteiger charge is 2.14. The van der Waals surface area contributed by atoms with Crippen LogP contribution in [0.2, 0.25) is 0 Å². The SMILES string of the molecule is Nc1ccccc1SC1CCCNC1. The topological polar surface area (TPSA) is 38.0 Å². The molecule has 14 heavy (non-hydrogen) atoms. The standard InChI is InChI=1S/C11H16N2S/c12-10-5-1-2-6-11(10)14-9-4-3-7-13-8-9/h1-2,5-6,9,13H,3-4,7-8,12H2. The third-order valence-corrected chi connectivity index (χ3v) is 3.83. The zero-order valence-electron chi connectivity index (χ0n) is 8.20. The van der Waals surface area contributed by atoms with Gasteiger partial charge in [0.25, 0.3) is 0 Å². The number of piperidine rings is 1. The largest absolute Gasteiger partial charge is 0.398 e. The Morgan fingerprint density at radius 1 is 1.36 bits per heavy atom. The normalized spacial score (nSPS) is 22.1. The third-order valence-electron chi connectivity index (χ3n) is 2.46. The van der Waals surface area contributed by atoms with Crippen molar-refractivity contribution >= 4 is 17.4 Å². The van der Waals surface area contributed by atoms with Gasteiger partial charge in [-0.2, -0.15) is 0 Å². The summed E-state index contributed by atoms with van der Waals surface area (Å²) in [6, 6.07) is 8.11. The van der Waals surface area contributed by atoms with Gasteiger partial charge in [-0.1, -0.05) is 12.1 Å². The molecule has 0 saturated carbocycles. The van der Waals surface area contributed by atoms with Crippen LogP contribution in [-0.4, -0.2) is 18.3 Å². The van der Waals surface area contributed by atoms with Crippen LogP contribution in [0.5, 0.6) is 0 Å². The molecule has 0 aliphatic carbocycles. The predicted molar refractivity (Wildman–Crippen MR) is 62.6 cm³/mol. The van der Waals surface area contributed by atoms with E-state index in [2.05, 4.69) is 17.4 Å². The molecule has 3 N–H and O–H groups in total. The number of rotatable bonds is 2. The van der Waals surface area contributed by atoms with Crippen molar-refractivity contribution in [3.63, 3.8) is 0 Å². The van der Waals surface area contributed by atoms with E-state index in [4.69, 9.17) is 5.73 Å². The average molecular weight is 208 g/mol. The lowest BCUT2D eigenvalue weighted by atomic mass is 10.2. The maximum Gasteiger partial charge on any atom is 0.0452 e. The van der Waals surface area contributed by atoms with E-state index in [0.717, 1.165) is 12.2 Å². The first kappa shape index (κ1) is 9.87. The number of thioether (sulfide) groups is 1. The van der Waals surface area contributed by atoms with Crippen LogP contribution in [-0.2, 0) is 0 Å². The molecule has 2 nitrogen and oxygen atoms in total. The van der Waals surface area contributed by atoms with Crippen molar-refractivity contribution in [3.05, 3.63) is 24.3 Å². The maximum absolute atomic E-state index is 5.90. The van der Waals surface area contributed by atoms with Crippen molar-refractivity contribution in [2.75, 3.05) is 18.8 Å². The molecule has 1 aliphatic rings. The molecule has 0 aromatic heterocycles. The Balaban J connectivity index is 1.99. The van der Waals surface area contributed by atoms with E-state index in [-0.39, 0.29) is 0 Å². The lowest BCUT2D eigenvalue weighted by Gasteiger charge is -2.22. The first-order valence-corrected chi connectivity index (χ1v) is 5.96. The van der Waals surface area contributed by atoms with Gasteiger partial charge in [-0.25, -0.2) is 0 Å². The summed E-state index contributed by atoms with van der Waals surface area (Å²) in [6.45, 7) is 2.28. The first-order valence-electron chi connectivity index (χ1n) is 5.08. The van der Waals surface area contributed by atoms with Crippen molar-refractivity contribution < 1.29 is 0 Å². The fourth-order valence-corrected chi connectivity index (χ4v) is 2.89. The molecule has 0 amide bonds. The van der Waals surface area contributed by atoms with Gasteiger partial charge in [0.05, 0.1) is 0 Å². The van der Waals surface area contributed by atoms with Crippen molar-refractivity contribution in [1.82, 2.24) is 5.32 Å². The fourth-order valence-electron chi connectivity index (χ4n) is 1.69. The van der Waals surface area contributed by atoms with E-state index in [1.165, 1.54) is 24.3 Å². The molecule has 1 atom stereocenters. The highest BCUT2D eigenvalue weighted by Crippen LogP contribution is 2.31. The summed E-state index contributed by atoms with van der Waals surface area (Å²) in [5, 5.41) is 4.10. The van der Waals surface area contributed by atoms with Gasteiger partial charge in [-0.05, 0) is 31.5 Å². The zero-order valence-corrected chi connectivity index (χ0v) is 9.02. The number of hydrogen-bond donors (Lipinski definition) is 2. The van der Waals surface area contributed by atoms with E-state index in [1.54, 1.807) is 0 Å². The molecule has 76 valence electrons. The van der Waals surface area contributed by atoms with Gasteiger partial charge < -0.3 is 11.1 Å². The Labute approximate surface area is 89.3 Å². The van der Waals surface area contributed by atoms with E-state index < -0.39 is 0 Å². The highest BCUT2D eigenvalue weighted by atomic mass is 32.2. The number of nitrogens with one attached hydrogen (secondary N) is 1. The Bertz CT molecular complexity index is 295. The minimum absolute atomic E-state index is 0.688. The van der Waals surface area contributed by atoms with Gasteiger partial charge in [0, 0.05) is 22.4 Å². The molecule has 1 saturated heterocycles. The molecular formula is C11H16N2S. The van der Waals surface area contributed by atoms with Crippen LogP contribution in [0.3, 0.4) is 0 Å². The van der Waals surface area contributed by atoms with Crippen molar-refractivity contribution in [2.45, 2.75) is 23.0 Å². The van der Waals surface area contributed by atoms with Crippen LogP contribution in [0, 0.1) is 0 Å². The summed E-state index contributed by atoms with van der Waals surface area (Å²) in [4.78, 5) is 1.22. The average Bonchev–Trinajstić information content (AvgIpc) is 2.23. The summed E-state index contributed by atoms with van der Waals surface area (Å²) >= 11 is 1.90. The van der Waals surface area contributed by atoms with Gasteiger partial charge in [0.2, 0.25) is 0 Å². The van der Waals surface area contributed by atoms with Crippen LogP contribution in [0.1, 0.15) is 12.8 Å². The molecule has 0 bridgehead atoms. The zero-order chi connectivity index (χ0) is 9.80. The van der Waals surface area contributed by atoms with Crippen molar-refractivity contribution in [1.29, 1.82) is 0 Å². The van der Waals surface area contributed by atoms with Crippen molar-refractivity contribution in [3.8, 4) is 0 Å². The van der Waals surface area contributed by atoms with Crippen LogP contribution in [0.25, 0.3) is 0 Å². The van der Waals surface area contributed by atoms with Gasteiger partial charge in [0.1, 0.15) is 0 Å². The lowest BCUT2D eigenvalue weighted by molar-refractivity contribution is 0.531. The third kappa shape index (κ3) is 2.42. The lowest BCUT2D eigenvalue weighted by Crippen LogP contribution is -2.31. The summed E-state index contributed by atoms with van der Waals surface area (Å²) in [5.74, 6) is 0. The summed E-state index contributed by atoms with van der Waals surface area (Å²) in [5.41, 5.74) is 6.80. The molecular weight excluding hydrogens is 192 g/mol. The Morgan fingerprint density at radius 3 is 2.93 bits per heavy atom. The monoisotopic (exact) mass is 208 g/mol. The van der Waals surface area contributed by atoms with Crippen LogP contribution in [0.4, 0.5) is 5.69 Å². The molecule has 1 unspecified atom stereocenters. The molecule has 1 fully saturated rings. The Kier molecular flexibility index (Phi) is 3.32. The number of nitrogens with two attached hydrogens (primary N) is 1. The summed E-state index contributed by atoms with van der Waals surface area (Å²) < 4.78 is 0. The number of nitrogen functional groups attached to an aromatic ring is 1. The highest BCUT2D eigenvalue weighted by molar-refractivity contribution is 8.00. The second-order valence-corrected chi connectivity index (χ2v) is 4.97. The fraction of sp³-hybridized carbons (Fsp3) is 0.455.